The molecule has 0 N–H and O–H groups in total. The van der Waals surface area contributed by atoms with Gasteiger partial charge in [-0.3, -0.25) is 0 Å². The molecular weight excluding hydrogens is 515 g/mol. The Morgan fingerprint density at radius 3 is 1.90 bits per heavy atom. The van der Waals surface area contributed by atoms with Crippen LogP contribution >= 0.6 is 0 Å². The van der Waals surface area contributed by atoms with E-state index in [1.807, 2.05) is 31.2 Å². The topological polar surface area (TPSA) is 52.6 Å². The lowest BCUT2D eigenvalue weighted by Crippen LogP contribution is -2.28. The largest absolute Gasteiger partial charge is 0.460 e. The Bertz CT molecular complexity index is 1020. The maximum absolute atomic E-state index is 14.3. The first-order valence-corrected chi connectivity index (χ1v) is 16.2. The fraction of sp³-hybridized carbons (Fsp3) is 0.611. The minimum atomic E-state index is -1.49. The summed E-state index contributed by atoms with van der Waals surface area (Å²) in [5, 5.41) is 0. The number of hydrogen-bond donors (Lipinski definition) is 0. The van der Waals surface area contributed by atoms with E-state index in [0.717, 1.165) is 81.8 Å². The summed E-state index contributed by atoms with van der Waals surface area (Å²) in [6.07, 6.45) is 12.7. The van der Waals surface area contributed by atoms with Gasteiger partial charge in [0.05, 0.1) is 11.7 Å². The number of unbranched alkanes of at least 4 members (excludes halogenated alkanes) is 7. The highest BCUT2D eigenvalue weighted by molar-refractivity contribution is 5.90. The molecular formula is C36H51FO4. The van der Waals surface area contributed by atoms with E-state index in [2.05, 4.69) is 38.1 Å². The van der Waals surface area contributed by atoms with Crippen LogP contribution in [0.1, 0.15) is 139 Å². The van der Waals surface area contributed by atoms with E-state index in [0.29, 0.717) is 11.5 Å². The number of rotatable bonds is 17. The molecule has 2 aromatic carbocycles. The van der Waals surface area contributed by atoms with Gasteiger partial charge in [0.25, 0.3) is 0 Å². The highest BCUT2D eigenvalue weighted by atomic mass is 19.1. The fourth-order valence-corrected chi connectivity index (χ4v) is 5.71. The molecule has 5 heteroatoms. The molecule has 1 aliphatic carbocycles. The van der Waals surface area contributed by atoms with E-state index in [4.69, 9.17) is 9.47 Å². The van der Waals surface area contributed by atoms with Gasteiger partial charge in [-0.1, -0.05) is 95.2 Å². The van der Waals surface area contributed by atoms with E-state index in [1.54, 1.807) is 0 Å². The normalized spacial score (nSPS) is 18.4. The summed E-state index contributed by atoms with van der Waals surface area (Å²) in [7, 11) is 0. The summed E-state index contributed by atoms with van der Waals surface area (Å²) in [5.41, 5.74) is 4.02. The zero-order chi connectivity index (χ0) is 29.5. The molecule has 0 aliphatic heterocycles. The lowest BCUT2D eigenvalue weighted by molar-refractivity contribution is -0.157. The summed E-state index contributed by atoms with van der Waals surface area (Å²) in [5.74, 6) is -0.523. The van der Waals surface area contributed by atoms with Crippen molar-refractivity contribution in [2.45, 2.75) is 141 Å². The molecule has 4 nitrogen and oxygen atoms in total. The minimum Gasteiger partial charge on any atom is -0.460 e. The Kier molecular flexibility index (Phi) is 14.4. The van der Waals surface area contributed by atoms with Gasteiger partial charge < -0.3 is 9.47 Å². The van der Waals surface area contributed by atoms with Crippen molar-refractivity contribution in [2.24, 2.45) is 0 Å². The molecule has 0 amide bonds. The van der Waals surface area contributed by atoms with Crippen LogP contribution in [-0.4, -0.2) is 30.3 Å². The summed E-state index contributed by atoms with van der Waals surface area (Å²) >= 11 is 0. The number of alkyl halides is 1. The van der Waals surface area contributed by atoms with Crippen LogP contribution in [0.5, 0.6) is 0 Å². The second-order valence-corrected chi connectivity index (χ2v) is 11.8. The van der Waals surface area contributed by atoms with Crippen molar-refractivity contribution in [3.63, 3.8) is 0 Å². The van der Waals surface area contributed by atoms with Crippen LogP contribution in [0.4, 0.5) is 4.39 Å². The average molecular weight is 567 g/mol. The zero-order valence-electron chi connectivity index (χ0n) is 25.5. The molecule has 0 radical (unpaired) electrons. The lowest BCUT2D eigenvalue weighted by atomic mass is 9.82. The van der Waals surface area contributed by atoms with Crippen molar-refractivity contribution in [3.05, 3.63) is 59.7 Å². The molecule has 0 spiro atoms. The first-order valence-electron chi connectivity index (χ1n) is 16.2. The molecule has 226 valence electrons. The van der Waals surface area contributed by atoms with Gasteiger partial charge in [-0.05, 0) is 93.0 Å². The highest BCUT2D eigenvalue weighted by Crippen LogP contribution is 2.35. The molecule has 2 atom stereocenters. The quantitative estimate of drug-likeness (QED) is 0.141. The van der Waals surface area contributed by atoms with Crippen molar-refractivity contribution in [1.29, 1.82) is 0 Å². The lowest BCUT2D eigenvalue weighted by Gasteiger charge is -2.29. The summed E-state index contributed by atoms with van der Waals surface area (Å²) in [6.45, 7) is 6.31. The minimum absolute atomic E-state index is 0.0700. The third-order valence-electron chi connectivity index (χ3n) is 8.38. The van der Waals surface area contributed by atoms with Crippen LogP contribution < -0.4 is 0 Å². The standard InChI is InChI=1S/C36H51FO4/c1-4-6-8-10-12-14-34(37)36(39)41-33-25-23-31(24-26-33)29-17-15-28(16-18-29)30-19-21-32(22-20-30)35(38)40-27(3)13-11-9-7-5-2/h15-22,27,31,33-34H,4-14,23-26H2,1-3H3/t27-,31-,33-,34+/m1/s1. The summed E-state index contributed by atoms with van der Waals surface area (Å²) in [6, 6.07) is 16.2. The SMILES string of the molecule is CCCCCCC[C@H](F)C(=O)O[C@H]1CC[C@H](c2ccc(-c3ccc(C(=O)O[C@H](C)CCCCCC)cc3)cc2)CC1. The van der Waals surface area contributed by atoms with E-state index in [1.165, 1.54) is 24.8 Å². The maximum Gasteiger partial charge on any atom is 0.340 e. The second kappa shape index (κ2) is 18.0. The van der Waals surface area contributed by atoms with Crippen LogP contribution in [0.15, 0.2) is 48.5 Å². The van der Waals surface area contributed by atoms with Gasteiger partial charge in [-0.15, -0.1) is 0 Å². The Hall–Kier alpha value is -2.69. The van der Waals surface area contributed by atoms with Crippen LogP contribution in [0, 0.1) is 0 Å². The van der Waals surface area contributed by atoms with E-state index >= 15 is 0 Å². The average Bonchev–Trinajstić information content (AvgIpc) is 2.99. The molecule has 0 unspecified atom stereocenters. The predicted molar refractivity (Wildman–Crippen MR) is 165 cm³/mol. The van der Waals surface area contributed by atoms with Gasteiger partial charge >= 0.3 is 11.9 Å². The van der Waals surface area contributed by atoms with Crippen LogP contribution in [0.3, 0.4) is 0 Å². The highest BCUT2D eigenvalue weighted by Gasteiger charge is 2.28. The number of halogens is 1. The van der Waals surface area contributed by atoms with Gasteiger partial charge in [-0.25, -0.2) is 14.0 Å². The molecule has 0 bridgehead atoms. The monoisotopic (exact) mass is 566 g/mol. The third-order valence-corrected chi connectivity index (χ3v) is 8.38. The zero-order valence-corrected chi connectivity index (χ0v) is 25.5. The number of carbonyl (C=O) groups is 2. The first kappa shape index (κ1) is 32.8. The van der Waals surface area contributed by atoms with Crippen molar-refractivity contribution in [1.82, 2.24) is 0 Å². The predicted octanol–water partition coefficient (Wildman–Crippen LogP) is 10.1. The van der Waals surface area contributed by atoms with Crippen molar-refractivity contribution >= 4 is 11.9 Å². The van der Waals surface area contributed by atoms with E-state index < -0.39 is 12.1 Å². The number of carbonyl (C=O) groups excluding carboxylic acids is 2. The number of benzene rings is 2. The molecule has 1 fully saturated rings. The molecule has 2 aromatic rings. The molecule has 0 heterocycles. The van der Waals surface area contributed by atoms with Gasteiger partial charge in [0, 0.05) is 0 Å². The van der Waals surface area contributed by atoms with Crippen molar-refractivity contribution in [2.75, 3.05) is 0 Å². The molecule has 1 saturated carbocycles. The number of hydrogen-bond acceptors (Lipinski definition) is 4. The van der Waals surface area contributed by atoms with Gasteiger partial charge in [0.2, 0.25) is 0 Å². The maximum atomic E-state index is 14.3. The smallest absolute Gasteiger partial charge is 0.340 e. The van der Waals surface area contributed by atoms with E-state index in [-0.39, 0.29) is 24.6 Å². The second-order valence-electron chi connectivity index (χ2n) is 11.8. The van der Waals surface area contributed by atoms with Crippen molar-refractivity contribution < 1.29 is 23.5 Å². The molecule has 41 heavy (non-hydrogen) atoms. The third kappa shape index (κ3) is 11.2. The number of ether oxygens (including phenoxy) is 2. The summed E-state index contributed by atoms with van der Waals surface area (Å²) < 4.78 is 25.4. The molecule has 0 saturated heterocycles. The van der Waals surface area contributed by atoms with Crippen molar-refractivity contribution in [3.8, 4) is 11.1 Å². The number of esters is 2. The van der Waals surface area contributed by atoms with Gasteiger partial charge in [0.15, 0.2) is 6.17 Å². The van der Waals surface area contributed by atoms with Gasteiger partial charge in [-0.2, -0.15) is 0 Å². The Balaban J connectivity index is 1.42. The molecule has 3 rings (SSSR count). The molecule has 0 aromatic heterocycles. The van der Waals surface area contributed by atoms with E-state index in [9.17, 15) is 14.0 Å². The Morgan fingerprint density at radius 1 is 0.756 bits per heavy atom. The van der Waals surface area contributed by atoms with Gasteiger partial charge in [0.1, 0.15) is 6.10 Å². The Labute approximate surface area is 247 Å². The first-order chi connectivity index (χ1) is 19.9. The molecule has 1 aliphatic rings. The Morgan fingerprint density at radius 2 is 1.29 bits per heavy atom. The van der Waals surface area contributed by atoms with Crippen LogP contribution in [-0.2, 0) is 14.3 Å². The fourth-order valence-electron chi connectivity index (χ4n) is 5.71. The van der Waals surface area contributed by atoms with Crippen LogP contribution in [0.2, 0.25) is 0 Å². The van der Waals surface area contributed by atoms with Crippen LogP contribution in [0.25, 0.3) is 11.1 Å². The summed E-state index contributed by atoms with van der Waals surface area (Å²) in [4.78, 5) is 24.7.